The first-order chi connectivity index (χ1) is 13.8. The molecule has 1 amide bonds. The van der Waals surface area contributed by atoms with Gasteiger partial charge in [0, 0.05) is 42.5 Å². The van der Waals surface area contributed by atoms with Gasteiger partial charge in [0.1, 0.15) is 11.5 Å². The number of amides is 1. The number of anilines is 1. The van der Waals surface area contributed by atoms with E-state index in [9.17, 15) is 13.2 Å². The van der Waals surface area contributed by atoms with Crippen molar-refractivity contribution in [3.05, 3.63) is 47.5 Å². The molecule has 1 fully saturated rings. The first kappa shape index (κ1) is 21.1. The molecule has 1 aliphatic rings. The Bertz CT molecular complexity index is 976. The highest BCUT2D eigenvalue weighted by molar-refractivity contribution is 7.89. The van der Waals surface area contributed by atoms with Crippen molar-refractivity contribution in [3.63, 3.8) is 0 Å². The van der Waals surface area contributed by atoms with E-state index in [4.69, 9.17) is 9.47 Å². The Morgan fingerprint density at radius 2 is 1.59 bits per heavy atom. The fraction of sp³-hybridized carbons (Fsp3) is 0.381. The minimum absolute atomic E-state index is 0.176. The lowest BCUT2D eigenvalue weighted by Gasteiger charge is -2.26. The molecule has 0 radical (unpaired) electrons. The van der Waals surface area contributed by atoms with Gasteiger partial charge >= 0.3 is 0 Å². The summed E-state index contributed by atoms with van der Waals surface area (Å²) in [5.74, 6) is 0.671. The van der Waals surface area contributed by atoms with Gasteiger partial charge in [-0.1, -0.05) is 12.5 Å². The van der Waals surface area contributed by atoms with Crippen LogP contribution in [0.1, 0.15) is 35.2 Å². The van der Waals surface area contributed by atoms with Gasteiger partial charge in [-0.05, 0) is 37.5 Å². The molecule has 0 aliphatic carbocycles. The number of ether oxygens (including phenoxy) is 2. The molecule has 8 heteroatoms. The molecule has 1 N–H and O–H groups in total. The van der Waals surface area contributed by atoms with Gasteiger partial charge in [0.2, 0.25) is 10.0 Å². The molecule has 2 aromatic carbocycles. The molecule has 29 heavy (non-hydrogen) atoms. The van der Waals surface area contributed by atoms with E-state index in [1.54, 1.807) is 37.3 Å². The van der Waals surface area contributed by atoms with Crippen LogP contribution in [0.4, 0.5) is 5.69 Å². The van der Waals surface area contributed by atoms with Crippen molar-refractivity contribution >= 4 is 21.6 Å². The summed E-state index contributed by atoms with van der Waals surface area (Å²) in [6.45, 7) is 2.77. The lowest BCUT2D eigenvalue weighted by molar-refractivity contribution is 0.102. The van der Waals surface area contributed by atoms with Gasteiger partial charge in [-0.3, -0.25) is 4.79 Å². The predicted octanol–water partition coefficient (Wildman–Crippen LogP) is 3.44. The second-order valence-corrected chi connectivity index (χ2v) is 8.91. The summed E-state index contributed by atoms with van der Waals surface area (Å²) in [4.78, 5) is 13.0. The van der Waals surface area contributed by atoms with E-state index in [1.807, 2.05) is 0 Å². The van der Waals surface area contributed by atoms with E-state index in [1.165, 1.54) is 24.6 Å². The number of aryl methyl sites for hydroxylation is 1. The van der Waals surface area contributed by atoms with Gasteiger partial charge in [-0.25, -0.2) is 8.42 Å². The Labute approximate surface area is 171 Å². The quantitative estimate of drug-likeness (QED) is 0.777. The van der Waals surface area contributed by atoms with Crippen molar-refractivity contribution in [1.29, 1.82) is 0 Å². The number of nitrogens with one attached hydrogen (secondary N) is 1. The van der Waals surface area contributed by atoms with E-state index in [2.05, 4.69) is 5.32 Å². The Balaban J connectivity index is 1.88. The van der Waals surface area contributed by atoms with Crippen molar-refractivity contribution < 1.29 is 22.7 Å². The van der Waals surface area contributed by atoms with Crippen LogP contribution in [0.25, 0.3) is 0 Å². The minimum atomic E-state index is -3.63. The zero-order valence-electron chi connectivity index (χ0n) is 16.9. The van der Waals surface area contributed by atoms with E-state index in [0.717, 1.165) is 19.3 Å². The number of hydrogen-bond acceptors (Lipinski definition) is 5. The smallest absolute Gasteiger partial charge is 0.255 e. The highest BCUT2D eigenvalue weighted by Crippen LogP contribution is 2.27. The number of nitrogens with zero attached hydrogens (tertiary/aromatic N) is 1. The van der Waals surface area contributed by atoms with E-state index < -0.39 is 15.9 Å². The molecule has 0 saturated carbocycles. The number of rotatable bonds is 6. The predicted molar refractivity (Wildman–Crippen MR) is 111 cm³/mol. The van der Waals surface area contributed by atoms with Crippen molar-refractivity contribution in [1.82, 2.24) is 4.31 Å². The summed E-state index contributed by atoms with van der Waals surface area (Å²) in [6, 6.07) is 9.77. The highest BCUT2D eigenvalue weighted by atomic mass is 32.2. The summed E-state index contributed by atoms with van der Waals surface area (Å²) in [5, 5.41) is 2.78. The van der Waals surface area contributed by atoms with Crippen LogP contribution in [0.15, 0.2) is 41.3 Å². The molecule has 1 aliphatic heterocycles. The third kappa shape index (κ3) is 4.71. The monoisotopic (exact) mass is 418 g/mol. The maximum atomic E-state index is 13.1. The minimum Gasteiger partial charge on any atom is -0.497 e. The molecule has 0 bridgehead atoms. The molecule has 2 aromatic rings. The van der Waals surface area contributed by atoms with E-state index in [-0.39, 0.29) is 10.5 Å². The SMILES string of the molecule is COc1cc(NC(=O)c2ccc(C)c(S(=O)(=O)N3CCCCC3)c2)cc(OC)c1. The average Bonchev–Trinajstić information content (AvgIpc) is 2.74. The molecule has 0 aromatic heterocycles. The van der Waals surface area contributed by atoms with Crippen LogP contribution in [-0.4, -0.2) is 45.9 Å². The number of hydrogen-bond donors (Lipinski definition) is 1. The Hall–Kier alpha value is -2.58. The Kier molecular flexibility index (Phi) is 6.44. The first-order valence-corrected chi connectivity index (χ1v) is 10.9. The number of sulfonamides is 1. The lowest BCUT2D eigenvalue weighted by atomic mass is 10.1. The van der Waals surface area contributed by atoms with Crippen molar-refractivity contribution in [3.8, 4) is 11.5 Å². The summed E-state index contributed by atoms with van der Waals surface area (Å²) in [6.07, 6.45) is 2.75. The summed E-state index contributed by atoms with van der Waals surface area (Å²) >= 11 is 0. The van der Waals surface area contributed by atoms with Crippen molar-refractivity contribution in [2.75, 3.05) is 32.6 Å². The number of carbonyl (C=O) groups is 1. The fourth-order valence-electron chi connectivity index (χ4n) is 3.35. The van der Waals surface area contributed by atoms with Crippen LogP contribution in [0, 0.1) is 6.92 Å². The van der Waals surface area contributed by atoms with Crippen LogP contribution < -0.4 is 14.8 Å². The van der Waals surface area contributed by atoms with Gasteiger partial charge in [-0.2, -0.15) is 4.31 Å². The standard InChI is InChI=1S/C21H26N2O5S/c1-15-7-8-16(11-20(15)29(25,26)23-9-5-4-6-10-23)21(24)22-17-12-18(27-2)14-19(13-17)28-3/h7-8,11-14H,4-6,9-10H2,1-3H3,(H,22,24). The second kappa shape index (κ2) is 8.84. The van der Waals surface area contributed by atoms with Crippen molar-refractivity contribution in [2.45, 2.75) is 31.1 Å². The maximum Gasteiger partial charge on any atom is 0.255 e. The summed E-state index contributed by atoms with van der Waals surface area (Å²) in [5.41, 5.74) is 1.38. The first-order valence-electron chi connectivity index (χ1n) is 9.50. The van der Waals surface area contributed by atoms with Crippen LogP contribution in [0.2, 0.25) is 0 Å². The van der Waals surface area contributed by atoms with E-state index >= 15 is 0 Å². The van der Waals surface area contributed by atoms with Gasteiger partial charge in [0.25, 0.3) is 5.91 Å². The zero-order valence-corrected chi connectivity index (χ0v) is 17.7. The number of piperidine rings is 1. The van der Waals surface area contributed by atoms with Gasteiger partial charge in [0.15, 0.2) is 0 Å². The molecule has 156 valence electrons. The summed E-state index contributed by atoms with van der Waals surface area (Å²) in [7, 11) is -0.578. The topological polar surface area (TPSA) is 84.9 Å². The number of carbonyl (C=O) groups excluding carboxylic acids is 1. The highest BCUT2D eigenvalue weighted by Gasteiger charge is 2.28. The Morgan fingerprint density at radius 1 is 0.966 bits per heavy atom. The molecule has 3 rings (SSSR count). The number of methoxy groups -OCH3 is 2. The zero-order chi connectivity index (χ0) is 21.0. The second-order valence-electron chi connectivity index (χ2n) is 7.00. The normalized spacial score (nSPS) is 15.0. The third-order valence-electron chi connectivity index (χ3n) is 4.99. The third-order valence-corrected chi connectivity index (χ3v) is 7.03. The van der Waals surface area contributed by atoms with Gasteiger partial charge in [0.05, 0.1) is 19.1 Å². The van der Waals surface area contributed by atoms with E-state index in [0.29, 0.717) is 35.8 Å². The van der Waals surface area contributed by atoms with Gasteiger partial charge in [-0.15, -0.1) is 0 Å². The summed E-state index contributed by atoms with van der Waals surface area (Å²) < 4.78 is 38.1. The van der Waals surface area contributed by atoms with Crippen LogP contribution in [0.3, 0.4) is 0 Å². The average molecular weight is 419 g/mol. The lowest BCUT2D eigenvalue weighted by Crippen LogP contribution is -2.36. The number of benzene rings is 2. The molecule has 1 saturated heterocycles. The Morgan fingerprint density at radius 3 is 2.17 bits per heavy atom. The van der Waals surface area contributed by atoms with Gasteiger partial charge < -0.3 is 14.8 Å². The molecule has 0 unspecified atom stereocenters. The largest absolute Gasteiger partial charge is 0.497 e. The van der Waals surface area contributed by atoms with Crippen molar-refractivity contribution in [2.24, 2.45) is 0 Å². The molecular weight excluding hydrogens is 392 g/mol. The fourth-order valence-corrected chi connectivity index (χ4v) is 5.11. The molecule has 7 nitrogen and oxygen atoms in total. The molecule has 0 atom stereocenters. The molecule has 1 heterocycles. The maximum absolute atomic E-state index is 13.1. The van der Waals surface area contributed by atoms with Crippen LogP contribution in [-0.2, 0) is 10.0 Å². The molecule has 0 spiro atoms. The van der Waals surface area contributed by atoms with Crippen LogP contribution in [0.5, 0.6) is 11.5 Å². The molecular formula is C21H26N2O5S. The van der Waals surface area contributed by atoms with Crippen LogP contribution >= 0.6 is 0 Å².